The summed E-state index contributed by atoms with van der Waals surface area (Å²) in [7, 11) is 0. The lowest BCUT2D eigenvalue weighted by Crippen LogP contribution is -2.05. The summed E-state index contributed by atoms with van der Waals surface area (Å²) in [5, 5.41) is 7.90. The molecule has 0 aliphatic heterocycles. The summed E-state index contributed by atoms with van der Waals surface area (Å²) in [4.78, 5) is 0. The zero-order valence-electron chi connectivity index (χ0n) is 9.16. The summed E-state index contributed by atoms with van der Waals surface area (Å²) in [6, 6.07) is 0. The fourth-order valence-corrected chi connectivity index (χ4v) is 1.58. The second-order valence-corrected chi connectivity index (χ2v) is 3.56. The van der Waals surface area contributed by atoms with Gasteiger partial charge in [0.2, 0.25) is 0 Å². The van der Waals surface area contributed by atoms with Gasteiger partial charge in [0.05, 0.1) is 5.69 Å². The minimum absolute atomic E-state index is 0.586. The Morgan fingerprint density at radius 1 is 1.21 bits per heavy atom. The Morgan fingerprint density at radius 3 is 2.64 bits per heavy atom. The van der Waals surface area contributed by atoms with Gasteiger partial charge < -0.3 is 5.73 Å². The molecule has 0 bridgehead atoms. The van der Waals surface area contributed by atoms with Crippen LogP contribution in [0, 0.1) is 0 Å². The van der Waals surface area contributed by atoms with Gasteiger partial charge in [-0.1, -0.05) is 38.3 Å². The summed E-state index contributed by atoms with van der Waals surface area (Å²) in [5.41, 5.74) is 6.76. The standard InChI is InChI=1S/C10H20N4/c1-3-5-6-7-8-14-9(4-2)10(11)12-13-14/h3-8,11H2,1-2H3. The van der Waals surface area contributed by atoms with Crippen molar-refractivity contribution >= 4 is 5.82 Å². The fraction of sp³-hybridized carbons (Fsp3) is 0.800. The number of aromatic nitrogens is 3. The minimum atomic E-state index is 0.586. The van der Waals surface area contributed by atoms with E-state index in [0.717, 1.165) is 18.7 Å². The lowest BCUT2D eigenvalue weighted by Gasteiger charge is -2.03. The van der Waals surface area contributed by atoms with Gasteiger partial charge in [0.1, 0.15) is 0 Å². The van der Waals surface area contributed by atoms with Gasteiger partial charge in [-0.05, 0) is 12.8 Å². The molecule has 1 aromatic heterocycles. The summed E-state index contributed by atoms with van der Waals surface area (Å²) in [6.45, 7) is 5.25. The van der Waals surface area contributed by atoms with E-state index in [9.17, 15) is 0 Å². The lowest BCUT2D eigenvalue weighted by atomic mass is 10.2. The highest BCUT2D eigenvalue weighted by Crippen LogP contribution is 2.09. The normalized spacial score (nSPS) is 10.7. The summed E-state index contributed by atoms with van der Waals surface area (Å²) in [5.74, 6) is 0.586. The molecule has 0 amide bonds. The molecule has 1 aromatic rings. The molecule has 80 valence electrons. The van der Waals surface area contributed by atoms with Gasteiger partial charge >= 0.3 is 0 Å². The molecule has 0 saturated carbocycles. The van der Waals surface area contributed by atoms with Gasteiger partial charge in [0.25, 0.3) is 0 Å². The molecule has 4 nitrogen and oxygen atoms in total. The van der Waals surface area contributed by atoms with E-state index in [-0.39, 0.29) is 0 Å². The van der Waals surface area contributed by atoms with Crippen molar-refractivity contribution in [3.63, 3.8) is 0 Å². The Morgan fingerprint density at radius 2 is 2.00 bits per heavy atom. The number of unbranched alkanes of at least 4 members (excludes halogenated alkanes) is 3. The zero-order valence-corrected chi connectivity index (χ0v) is 9.16. The first-order valence-electron chi connectivity index (χ1n) is 5.47. The number of nitrogen functional groups attached to an aromatic ring is 1. The average molecular weight is 196 g/mol. The first-order chi connectivity index (χ1) is 6.79. The van der Waals surface area contributed by atoms with Crippen molar-refractivity contribution in [1.29, 1.82) is 0 Å². The van der Waals surface area contributed by atoms with Crippen LogP contribution in [0.1, 0.15) is 45.2 Å². The molecule has 2 N–H and O–H groups in total. The molecule has 0 radical (unpaired) electrons. The van der Waals surface area contributed by atoms with E-state index in [1.54, 1.807) is 0 Å². The predicted octanol–water partition coefficient (Wildman–Crippen LogP) is 2.00. The number of anilines is 1. The van der Waals surface area contributed by atoms with Crippen molar-refractivity contribution in [2.75, 3.05) is 5.73 Å². The maximum Gasteiger partial charge on any atom is 0.169 e. The first kappa shape index (κ1) is 11.0. The quantitative estimate of drug-likeness (QED) is 0.708. The molecule has 0 saturated heterocycles. The van der Waals surface area contributed by atoms with E-state index < -0.39 is 0 Å². The largest absolute Gasteiger partial charge is 0.381 e. The number of hydrogen-bond donors (Lipinski definition) is 1. The Hall–Kier alpha value is -1.06. The van der Waals surface area contributed by atoms with Gasteiger partial charge in [0, 0.05) is 6.54 Å². The van der Waals surface area contributed by atoms with Gasteiger partial charge in [0.15, 0.2) is 5.82 Å². The maximum absolute atomic E-state index is 5.69. The maximum atomic E-state index is 5.69. The van der Waals surface area contributed by atoms with Crippen molar-refractivity contribution in [2.24, 2.45) is 0 Å². The van der Waals surface area contributed by atoms with Gasteiger partial charge in [-0.2, -0.15) is 0 Å². The minimum Gasteiger partial charge on any atom is -0.381 e. The summed E-state index contributed by atoms with van der Waals surface area (Å²) in [6.07, 6.45) is 5.90. The highest BCUT2D eigenvalue weighted by Gasteiger charge is 2.06. The number of nitrogens with two attached hydrogens (primary N) is 1. The van der Waals surface area contributed by atoms with Gasteiger partial charge in [-0.3, -0.25) is 0 Å². The number of rotatable bonds is 6. The summed E-state index contributed by atoms with van der Waals surface area (Å²) < 4.78 is 1.94. The van der Waals surface area contributed by atoms with E-state index in [4.69, 9.17) is 5.73 Å². The number of nitrogens with zero attached hydrogens (tertiary/aromatic N) is 3. The Bertz CT molecular complexity index is 267. The highest BCUT2D eigenvalue weighted by molar-refractivity contribution is 5.32. The lowest BCUT2D eigenvalue weighted by molar-refractivity contribution is 0.513. The van der Waals surface area contributed by atoms with Crippen molar-refractivity contribution in [1.82, 2.24) is 15.0 Å². The molecule has 0 atom stereocenters. The molecule has 0 fully saturated rings. The van der Waals surface area contributed by atoms with Crippen LogP contribution in [0.2, 0.25) is 0 Å². The van der Waals surface area contributed by atoms with E-state index in [1.807, 2.05) is 4.68 Å². The third kappa shape index (κ3) is 2.72. The topological polar surface area (TPSA) is 56.7 Å². The number of hydrogen-bond acceptors (Lipinski definition) is 3. The molecule has 1 heterocycles. The van der Waals surface area contributed by atoms with Crippen LogP contribution in [-0.2, 0) is 13.0 Å². The first-order valence-corrected chi connectivity index (χ1v) is 5.47. The van der Waals surface area contributed by atoms with E-state index in [0.29, 0.717) is 5.82 Å². The van der Waals surface area contributed by atoms with E-state index in [2.05, 4.69) is 24.2 Å². The van der Waals surface area contributed by atoms with Crippen LogP contribution >= 0.6 is 0 Å². The third-order valence-electron chi connectivity index (χ3n) is 2.43. The molecule has 0 aromatic carbocycles. The Balaban J connectivity index is 2.42. The zero-order chi connectivity index (χ0) is 10.4. The molecular formula is C10H20N4. The predicted molar refractivity (Wildman–Crippen MR) is 58.0 cm³/mol. The molecular weight excluding hydrogens is 176 g/mol. The average Bonchev–Trinajstić information content (AvgIpc) is 2.54. The van der Waals surface area contributed by atoms with Crippen molar-refractivity contribution in [2.45, 2.75) is 52.5 Å². The van der Waals surface area contributed by atoms with Crippen LogP contribution < -0.4 is 5.73 Å². The van der Waals surface area contributed by atoms with Crippen LogP contribution in [0.25, 0.3) is 0 Å². The van der Waals surface area contributed by atoms with Gasteiger partial charge in [-0.15, -0.1) is 5.10 Å². The number of aryl methyl sites for hydroxylation is 1. The van der Waals surface area contributed by atoms with Crippen LogP contribution in [0.15, 0.2) is 0 Å². The van der Waals surface area contributed by atoms with E-state index in [1.165, 1.54) is 25.7 Å². The molecule has 14 heavy (non-hydrogen) atoms. The van der Waals surface area contributed by atoms with Crippen LogP contribution in [0.3, 0.4) is 0 Å². The van der Waals surface area contributed by atoms with Crippen molar-refractivity contribution in [3.8, 4) is 0 Å². The van der Waals surface area contributed by atoms with Crippen molar-refractivity contribution in [3.05, 3.63) is 5.69 Å². The fourth-order valence-electron chi connectivity index (χ4n) is 1.58. The molecule has 0 spiro atoms. The smallest absolute Gasteiger partial charge is 0.169 e. The molecule has 0 aliphatic carbocycles. The Kier molecular flexibility index (Phi) is 4.43. The molecule has 0 unspecified atom stereocenters. The molecule has 4 heteroatoms. The van der Waals surface area contributed by atoms with Crippen LogP contribution in [0.5, 0.6) is 0 Å². The molecule has 0 aliphatic rings. The second kappa shape index (κ2) is 5.62. The van der Waals surface area contributed by atoms with Crippen LogP contribution in [-0.4, -0.2) is 15.0 Å². The third-order valence-corrected chi connectivity index (χ3v) is 2.43. The molecule has 1 rings (SSSR count). The Labute approximate surface area is 85.5 Å². The SMILES string of the molecule is CCCCCCn1nnc(N)c1CC. The monoisotopic (exact) mass is 196 g/mol. The van der Waals surface area contributed by atoms with Crippen LogP contribution in [0.4, 0.5) is 5.82 Å². The van der Waals surface area contributed by atoms with Gasteiger partial charge in [-0.25, -0.2) is 4.68 Å². The van der Waals surface area contributed by atoms with E-state index >= 15 is 0 Å². The van der Waals surface area contributed by atoms with Crippen molar-refractivity contribution < 1.29 is 0 Å². The second-order valence-electron chi connectivity index (χ2n) is 3.56. The summed E-state index contributed by atoms with van der Waals surface area (Å²) >= 11 is 0. The highest BCUT2D eigenvalue weighted by atomic mass is 15.4.